The highest BCUT2D eigenvalue weighted by Crippen LogP contribution is 2.37. The van der Waals surface area contributed by atoms with Gasteiger partial charge < -0.3 is 18.9 Å². The van der Waals surface area contributed by atoms with Gasteiger partial charge in [0.05, 0.1) is 29.4 Å². The van der Waals surface area contributed by atoms with Crippen LogP contribution in [0.25, 0.3) is 0 Å². The lowest BCUT2D eigenvalue weighted by Crippen LogP contribution is -2.24. The smallest absolute Gasteiger partial charge is 0.282 e. The zero-order valence-corrected chi connectivity index (χ0v) is 14.9. The lowest BCUT2D eigenvalue weighted by Gasteiger charge is -2.10. The first-order chi connectivity index (χ1) is 13.6. The highest BCUT2D eigenvalue weighted by Gasteiger charge is 2.22. The number of hydrazone groups is 1. The minimum absolute atomic E-state index is 0.00955. The molecule has 0 unspecified atom stereocenters. The molecule has 10 nitrogen and oxygen atoms in total. The molecule has 1 heterocycles. The van der Waals surface area contributed by atoms with Gasteiger partial charge in [-0.3, -0.25) is 14.9 Å². The Morgan fingerprint density at radius 1 is 1.25 bits per heavy atom. The molecule has 3 rings (SSSR count). The highest BCUT2D eigenvalue weighted by atomic mass is 16.7. The standard InChI is InChI=1S/C18H17N3O7/c1-2-25-14-5-3-4-6-15(14)26-10-18(22)20-19-9-12-7-16-17(28-11-27-16)8-13(12)21(23)24/h3-9H,2,10-11H2,1H3,(H,20,22). The molecule has 2 aromatic carbocycles. The van der Waals surface area contributed by atoms with Crippen LogP contribution in [0, 0.1) is 10.1 Å². The van der Waals surface area contributed by atoms with Gasteiger partial charge in [0.1, 0.15) is 0 Å². The van der Waals surface area contributed by atoms with Crippen LogP contribution in [0.4, 0.5) is 5.69 Å². The van der Waals surface area contributed by atoms with E-state index >= 15 is 0 Å². The van der Waals surface area contributed by atoms with Crippen molar-refractivity contribution < 1.29 is 28.7 Å². The molecular weight excluding hydrogens is 370 g/mol. The molecule has 0 bridgehead atoms. The summed E-state index contributed by atoms with van der Waals surface area (Å²) in [6, 6.07) is 9.63. The van der Waals surface area contributed by atoms with Crippen LogP contribution in [-0.2, 0) is 4.79 Å². The van der Waals surface area contributed by atoms with Crippen molar-refractivity contribution in [1.82, 2.24) is 5.43 Å². The van der Waals surface area contributed by atoms with Crippen molar-refractivity contribution >= 4 is 17.8 Å². The maximum absolute atomic E-state index is 11.9. The normalized spacial score (nSPS) is 12.0. The molecule has 0 aromatic heterocycles. The molecule has 0 aliphatic carbocycles. The van der Waals surface area contributed by atoms with Gasteiger partial charge in [-0.15, -0.1) is 0 Å². The van der Waals surface area contributed by atoms with Crippen molar-refractivity contribution in [3.05, 3.63) is 52.1 Å². The lowest BCUT2D eigenvalue weighted by atomic mass is 10.1. The third-order valence-electron chi connectivity index (χ3n) is 3.62. The van der Waals surface area contributed by atoms with Gasteiger partial charge in [-0.1, -0.05) is 12.1 Å². The number of nitrogens with one attached hydrogen (secondary N) is 1. The van der Waals surface area contributed by atoms with Gasteiger partial charge in [-0.25, -0.2) is 5.43 Å². The summed E-state index contributed by atoms with van der Waals surface area (Å²) in [6.07, 6.45) is 1.16. The van der Waals surface area contributed by atoms with Crippen LogP contribution in [0.2, 0.25) is 0 Å². The summed E-state index contributed by atoms with van der Waals surface area (Å²) in [5, 5.41) is 14.9. The summed E-state index contributed by atoms with van der Waals surface area (Å²) in [6.45, 7) is 1.99. The van der Waals surface area contributed by atoms with Crippen LogP contribution in [0.5, 0.6) is 23.0 Å². The number of para-hydroxylation sites is 2. The van der Waals surface area contributed by atoms with Crippen molar-refractivity contribution in [2.24, 2.45) is 5.10 Å². The van der Waals surface area contributed by atoms with E-state index in [0.717, 1.165) is 6.21 Å². The molecule has 146 valence electrons. The molecular formula is C18H17N3O7. The summed E-state index contributed by atoms with van der Waals surface area (Å²) >= 11 is 0. The maximum atomic E-state index is 11.9. The molecule has 0 saturated carbocycles. The second kappa shape index (κ2) is 8.71. The van der Waals surface area contributed by atoms with E-state index in [9.17, 15) is 14.9 Å². The van der Waals surface area contributed by atoms with Crippen molar-refractivity contribution in [2.45, 2.75) is 6.92 Å². The Hall–Kier alpha value is -3.82. The Labute approximate surface area is 159 Å². The predicted octanol–water partition coefficient (Wildman–Crippen LogP) is 2.25. The number of nitrogens with zero attached hydrogens (tertiary/aromatic N) is 2. The maximum Gasteiger partial charge on any atom is 0.282 e. The minimum atomic E-state index is -0.571. The van der Waals surface area contributed by atoms with Gasteiger partial charge in [0, 0.05) is 0 Å². The SMILES string of the molecule is CCOc1ccccc1OCC(=O)NN=Cc1cc2c(cc1[N+](=O)[O-])OCO2. The summed E-state index contributed by atoms with van der Waals surface area (Å²) in [5.41, 5.74) is 2.20. The van der Waals surface area contributed by atoms with Gasteiger partial charge in [0.15, 0.2) is 29.6 Å². The van der Waals surface area contributed by atoms with Crippen LogP contribution in [0.1, 0.15) is 12.5 Å². The monoisotopic (exact) mass is 387 g/mol. The summed E-state index contributed by atoms with van der Waals surface area (Å²) in [4.78, 5) is 22.5. The fraction of sp³-hybridized carbons (Fsp3) is 0.222. The van der Waals surface area contributed by atoms with Crippen LogP contribution < -0.4 is 24.4 Å². The van der Waals surface area contributed by atoms with Gasteiger partial charge in [0.2, 0.25) is 6.79 Å². The number of amides is 1. The van der Waals surface area contributed by atoms with E-state index in [1.165, 1.54) is 12.1 Å². The van der Waals surface area contributed by atoms with E-state index in [1.54, 1.807) is 24.3 Å². The fourth-order valence-corrected chi connectivity index (χ4v) is 2.40. The molecule has 0 radical (unpaired) electrons. The number of benzene rings is 2. The summed E-state index contributed by atoms with van der Waals surface area (Å²) < 4.78 is 21.1. The molecule has 2 aromatic rings. The van der Waals surface area contributed by atoms with E-state index < -0.39 is 10.8 Å². The predicted molar refractivity (Wildman–Crippen MR) is 98.1 cm³/mol. The Bertz CT molecular complexity index is 914. The van der Waals surface area contributed by atoms with Gasteiger partial charge in [0.25, 0.3) is 11.6 Å². The number of nitro benzene ring substituents is 1. The molecule has 0 saturated heterocycles. The molecule has 1 aliphatic rings. The van der Waals surface area contributed by atoms with Gasteiger partial charge in [-0.05, 0) is 25.1 Å². The molecule has 1 amide bonds. The number of nitro groups is 1. The molecule has 1 N–H and O–H groups in total. The minimum Gasteiger partial charge on any atom is -0.490 e. The Kier molecular flexibility index (Phi) is 5.90. The zero-order chi connectivity index (χ0) is 19.9. The van der Waals surface area contributed by atoms with Gasteiger partial charge >= 0.3 is 0 Å². The van der Waals surface area contributed by atoms with E-state index in [1.807, 2.05) is 6.92 Å². The van der Waals surface area contributed by atoms with E-state index in [0.29, 0.717) is 23.9 Å². The zero-order valence-electron chi connectivity index (χ0n) is 14.9. The summed E-state index contributed by atoms with van der Waals surface area (Å²) in [5.74, 6) is 1.07. The largest absolute Gasteiger partial charge is 0.490 e. The second-order valence-electron chi connectivity index (χ2n) is 5.48. The number of hydrogen-bond donors (Lipinski definition) is 1. The first kappa shape index (κ1) is 19.0. The first-order valence-corrected chi connectivity index (χ1v) is 8.33. The van der Waals surface area contributed by atoms with E-state index in [2.05, 4.69) is 10.5 Å². The average Bonchev–Trinajstić information content (AvgIpc) is 3.14. The number of ether oxygens (including phenoxy) is 4. The Morgan fingerprint density at radius 3 is 2.61 bits per heavy atom. The van der Waals surface area contributed by atoms with Crippen molar-refractivity contribution in [2.75, 3.05) is 20.0 Å². The number of rotatable bonds is 8. The third-order valence-corrected chi connectivity index (χ3v) is 3.62. The van der Waals surface area contributed by atoms with E-state index in [4.69, 9.17) is 18.9 Å². The first-order valence-electron chi connectivity index (χ1n) is 8.33. The number of carbonyl (C=O) groups excluding carboxylic acids is 1. The molecule has 0 spiro atoms. The Morgan fingerprint density at radius 2 is 1.93 bits per heavy atom. The van der Waals surface area contributed by atoms with Crippen molar-refractivity contribution in [3.63, 3.8) is 0 Å². The van der Waals surface area contributed by atoms with Crippen LogP contribution >= 0.6 is 0 Å². The van der Waals surface area contributed by atoms with Crippen LogP contribution in [0.3, 0.4) is 0 Å². The number of hydrogen-bond acceptors (Lipinski definition) is 8. The quantitative estimate of drug-likeness (QED) is 0.419. The third kappa shape index (κ3) is 4.47. The second-order valence-corrected chi connectivity index (χ2v) is 5.48. The number of carbonyl (C=O) groups is 1. The van der Waals surface area contributed by atoms with Crippen molar-refractivity contribution in [1.29, 1.82) is 0 Å². The summed E-state index contributed by atoms with van der Waals surface area (Å²) in [7, 11) is 0. The molecule has 10 heteroatoms. The van der Waals surface area contributed by atoms with Gasteiger partial charge in [-0.2, -0.15) is 5.10 Å². The van der Waals surface area contributed by atoms with Crippen LogP contribution in [0.15, 0.2) is 41.5 Å². The fourth-order valence-electron chi connectivity index (χ4n) is 2.40. The lowest BCUT2D eigenvalue weighted by molar-refractivity contribution is -0.385. The topological polar surface area (TPSA) is 122 Å². The molecule has 0 atom stereocenters. The van der Waals surface area contributed by atoms with Crippen molar-refractivity contribution in [3.8, 4) is 23.0 Å². The number of fused-ring (bicyclic) bond motifs is 1. The van der Waals surface area contributed by atoms with E-state index in [-0.39, 0.29) is 30.4 Å². The molecule has 28 heavy (non-hydrogen) atoms. The average molecular weight is 387 g/mol. The highest BCUT2D eigenvalue weighted by molar-refractivity contribution is 5.88. The molecule has 0 fully saturated rings. The van der Waals surface area contributed by atoms with Crippen LogP contribution in [-0.4, -0.2) is 37.1 Å². The Balaban J connectivity index is 1.61. The molecule has 1 aliphatic heterocycles.